The molecule has 0 aliphatic carbocycles. The number of anilines is 1. The molecule has 152 valence electrons. The van der Waals surface area contributed by atoms with Gasteiger partial charge in [0, 0.05) is 15.7 Å². The lowest BCUT2D eigenvalue weighted by Gasteiger charge is -2.13. The first kappa shape index (κ1) is 20.4. The van der Waals surface area contributed by atoms with Gasteiger partial charge in [0.05, 0.1) is 11.2 Å². The zero-order chi connectivity index (χ0) is 21.4. The van der Waals surface area contributed by atoms with Crippen molar-refractivity contribution in [1.82, 2.24) is 9.13 Å². The average molecular weight is 460 g/mol. The van der Waals surface area contributed by atoms with Crippen molar-refractivity contribution in [3.05, 3.63) is 90.4 Å². The van der Waals surface area contributed by atoms with E-state index in [0.29, 0.717) is 31.6 Å². The quantitative estimate of drug-likeness (QED) is 0.489. The molecule has 4 rings (SSSR count). The summed E-state index contributed by atoms with van der Waals surface area (Å²) in [5, 5.41) is 5.41. The van der Waals surface area contributed by atoms with Gasteiger partial charge in [0.25, 0.3) is 5.56 Å². The van der Waals surface area contributed by atoms with Crippen molar-refractivity contribution in [1.29, 1.82) is 0 Å². The summed E-state index contributed by atoms with van der Waals surface area (Å²) in [6.07, 6.45) is 0. The second-order valence-electron chi connectivity index (χ2n) is 6.58. The number of carbonyl (C=O) groups is 1. The summed E-state index contributed by atoms with van der Waals surface area (Å²) >= 11 is 13.4. The summed E-state index contributed by atoms with van der Waals surface area (Å²) in [5.74, 6) is -0.411. The molecule has 2 aromatic carbocycles. The molecule has 0 radical (unpaired) electrons. The van der Waals surface area contributed by atoms with Gasteiger partial charge in [-0.1, -0.05) is 35.3 Å². The number of halogens is 2. The molecule has 2 aromatic heterocycles. The molecule has 0 unspecified atom stereocenters. The Morgan fingerprint density at radius 3 is 2.63 bits per heavy atom. The first-order valence-corrected chi connectivity index (χ1v) is 10.5. The second-order valence-corrected chi connectivity index (χ2v) is 8.34. The molecule has 0 aliphatic heterocycles. The number of thiophene rings is 1. The van der Waals surface area contributed by atoms with Gasteiger partial charge in [0.15, 0.2) is 0 Å². The molecule has 30 heavy (non-hydrogen) atoms. The molecule has 0 saturated heterocycles. The van der Waals surface area contributed by atoms with Crippen molar-refractivity contribution >= 4 is 56.3 Å². The van der Waals surface area contributed by atoms with Crippen molar-refractivity contribution < 1.29 is 4.79 Å². The number of carbonyl (C=O) groups excluding carboxylic acids is 1. The minimum absolute atomic E-state index is 0.265. The van der Waals surface area contributed by atoms with Gasteiger partial charge in [0.2, 0.25) is 5.91 Å². The Morgan fingerprint density at radius 2 is 1.87 bits per heavy atom. The summed E-state index contributed by atoms with van der Waals surface area (Å²) < 4.78 is 2.69. The minimum Gasteiger partial charge on any atom is -0.324 e. The maximum absolute atomic E-state index is 13.2. The zero-order valence-electron chi connectivity index (χ0n) is 15.7. The third-order valence-corrected chi connectivity index (χ3v) is 6.20. The molecule has 2 heterocycles. The molecule has 0 spiro atoms. The van der Waals surface area contributed by atoms with Crippen LogP contribution in [0, 0.1) is 6.92 Å². The molecule has 9 heteroatoms. The Labute approximate surface area is 184 Å². The standard InChI is InChI=1S/C21H15Cl2N3O3S/c1-12-15(23)6-3-7-16(12)24-18(27)11-25-17-8-9-30-19(17)20(28)26(21(25)29)14-5-2-4-13(22)10-14/h2-10H,11H2,1H3,(H,24,27). The van der Waals surface area contributed by atoms with E-state index in [1.165, 1.54) is 22.0 Å². The monoisotopic (exact) mass is 459 g/mol. The van der Waals surface area contributed by atoms with E-state index in [1.54, 1.807) is 54.8 Å². The van der Waals surface area contributed by atoms with Gasteiger partial charge in [-0.3, -0.25) is 14.2 Å². The van der Waals surface area contributed by atoms with Crippen LogP contribution in [0.2, 0.25) is 10.0 Å². The molecule has 1 N–H and O–H groups in total. The Hall–Kier alpha value is -2.87. The highest BCUT2D eigenvalue weighted by molar-refractivity contribution is 7.17. The van der Waals surface area contributed by atoms with Gasteiger partial charge in [0.1, 0.15) is 11.2 Å². The number of nitrogens with one attached hydrogen (secondary N) is 1. The third-order valence-electron chi connectivity index (χ3n) is 4.66. The van der Waals surface area contributed by atoms with Crippen LogP contribution in [0.3, 0.4) is 0 Å². The largest absolute Gasteiger partial charge is 0.336 e. The zero-order valence-corrected chi connectivity index (χ0v) is 18.0. The smallest absolute Gasteiger partial charge is 0.324 e. The summed E-state index contributed by atoms with van der Waals surface area (Å²) in [5.41, 5.74) is 0.967. The van der Waals surface area contributed by atoms with Gasteiger partial charge in [-0.25, -0.2) is 9.36 Å². The van der Waals surface area contributed by atoms with E-state index in [0.717, 1.165) is 10.1 Å². The van der Waals surface area contributed by atoms with Crippen LogP contribution < -0.4 is 16.6 Å². The molecule has 1 amide bonds. The first-order chi connectivity index (χ1) is 14.4. The Kier molecular flexibility index (Phi) is 5.51. The fourth-order valence-corrected chi connectivity index (χ4v) is 4.34. The minimum atomic E-state index is -0.619. The Bertz CT molecular complexity index is 1400. The van der Waals surface area contributed by atoms with Crippen LogP contribution in [0.25, 0.3) is 15.9 Å². The number of fused-ring (bicyclic) bond motifs is 1. The molecule has 0 saturated carbocycles. The fourth-order valence-electron chi connectivity index (χ4n) is 3.16. The predicted octanol–water partition coefficient (Wildman–Crippen LogP) is 4.47. The molecule has 4 aromatic rings. The molecule has 0 bridgehead atoms. The van der Waals surface area contributed by atoms with Crippen LogP contribution in [-0.2, 0) is 11.3 Å². The van der Waals surface area contributed by atoms with E-state index < -0.39 is 17.2 Å². The fraction of sp³-hybridized carbons (Fsp3) is 0.0952. The topological polar surface area (TPSA) is 73.1 Å². The van der Waals surface area contributed by atoms with Crippen molar-refractivity contribution in [2.24, 2.45) is 0 Å². The van der Waals surface area contributed by atoms with Crippen LogP contribution in [-0.4, -0.2) is 15.0 Å². The maximum Gasteiger partial charge on any atom is 0.336 e. The summed E-state index contributed by atoms with van der Waals surface area (Å²) in [6, 6.07) is 13.3. The van der Waals surface area contributed by atoms with Gasteiger partial charge < -0.3 is 5.32 Å². The van der Waals surface area contributed by atoms with Gasteiger partial charge in [-0.15, -0.1) is 11.3 Å². The van der Waals surface area contributed by atoms with Crippen LogP contribution in [0.1, 0.15) is 5.56 Å². The van der Waals surface area contributed by atoms with Gasteiger partial charge in [-0.2, -0.15) is 0 Å². The summed E-state index contributed by atoms with van der Waals surface area (Å²) in [6.45, 7) is 1.53. The lowest BCUT2D eigenvalue weighted by Crippen LogP contribution is -2.40. The van der Waals surface area contributed by atoms with Crippen molar-refractivity contribution in [3.8, 4) is 5.69 Å². The highest BCUT2D eigenvalue weighted by Gasteiger charge is 2.18. The third kappa shape index (κ3) is 3.67. The number of amides is 1. The second kappa shape index (κ2) is 8.10. The maximum atomic E-state index is 13.2. The van der Waals surface area contributed by atoms with E-state index in [-0.39, 0.29) is 6.54 Å². The van der Waals surface area contributed by atoms with Crippen molar-refractivity contribution in [2.45, 2.75) is 13.5 Å². The number of rotatable bonds is 4. The van der Waals surface area contributed by atoms with Gasteiger partial charge in [-0.05, 0) is 54.3 Å². The average Bonchev–Trinajstić information content (AvgIpc) is 3.19. The van der Waals surface area contributed by atoms with E-state index in [4.69, 9.17) is 23.2 Å². The Morgan fingerprint density at radius 1 is 1.10 bits per heavy atom. The van der Waals surface area contributed by atoms with E-state index >= 15 is 0 Å². The SMILES string of the molecule is Cc1c(Cl)cccc1NC(=O)Cn1c(=O)n(-c2cccc(Cl)c2)c(=O)c2sccc21. The van der Waals surface area contributed by atoms with Crippen LogP contribution in [0.5, 0.6) is 0 Å². The summed E-state index contributed by atoms with van der Waals surface area (Å²) in [4.78, 5) is 38.9. The van der Waals surface area contributed by atoms with E-state index in [9.17, 15) is 14.4 Å². The van der Waals surface area contributed by atoms with Crippen molar-refractivity contribution in [2.75, 3.05) is 5.32 Å². The van der Waals surface area contributed by atoms with Crippen molar-refractivity contribution in [3.63, 3.8) is 0 Å². The van der Waals surface area contributed by atoms with E-state index in [1.807, 2.05) is 0 Å². The number of aromatic nitrogens is 2. The molecule has 0 fully saturated rings. The van der Waals surface area contributed by atoms with Crippen LogP contribution in [0.15, 0.2) is 63.5 Å². The number of hydrogen-bond acceptors (Lipinski definition) is 4. The van der Waals surface area contributed by atoms with Crippen LogP contribution >= 0.6 is 34.5 Å². The lowest BCUT2D eigenvalue weighted by atomic mass is 10.2. The molecule has 0 atom stereocenters. The normalized spacial score (nSPS) is 11.0. The molecular weight excluding hydrogens is 445 g/mol. The molecular formula is C21H15Cl2N3O3S. The van der Waals surface area contributed by atoms with Crippen LogP contribution in [0.4, 0.5) is 5.69 Å². The molecule has 0 aliphatic rings. The predicted molar refractivity (Wildman–Crippen MR) is 122 cm³/mol. The van der Waals surface area contributed by atoms with Gasteiger partial charge >= 0.3 is 5.69 Å². The first-order valence-electron chi connectivity index (χ1n) is 8.91. The number of nitrogens with zero attached hydrogens (tertiary/aromatic N) is 2. The lowest BCUT2D eigenvalue weighted by molar-refractivity contribution is -0.116. The Balaban J connectivity index is 1.80. The number of benzene rings is 2. The van der Waals surface area contributed by atoms with E-state index in [2.05, 4.69) is 5.32 Å². The highest BCUT2D eigenvalue weighted by Crippen LogP contribution is 2.23. The summed E-state index contributed by atoms with van der Waals surface area (Å²) in [7, 11) is 0. The number of hydrogen-bond donors (Lipinski definition) is 1. The highest BCUT2D eigenvalue weighted by atomic mass is 35.5. The molecule has 6 nitrogen and oxygen atoms in total.